The summed E-state index contributed by atoms with van der Waals surface area (Å²) in [5, 5.41) is 2.94. The third-order valence-electron chi connectivity index (χ3n) is 4.05. The van der Waals surface area contributed by atoms with Crippen LogP contribution in [0.5, 0.6) is 5.75 Å². The monoisotopic (exact) mass is 282 g/mol. The number of rotatable bonds is 4. The normalized spacial score (nSPS) is 31.1. The van der Waals surface area contributed by atoms with Crippen molar-refractivity contribution in [2.24, 2.45) is 11.3 Å². The number of halogens is 2. The van der Waals surface area contributed by atoms with Gasteiger partial charge < -0.3 is 10.1 Å². The molecule has 3 nitrogen and oxygen atoms in total. The second-order valence-electron chi connectivity index (χ2n) is 5.44. The Labute approximate surface area is 116 Å². The molecule has 1 radical (unpaired) electrons. The summed E-state index contributed by atoms with van der Waals surface area (Å²) in [6.07, 6.45) is 2.20. The molecule has 1 aromatic rings. The molecule has 3 aliphatic carbocycles. The van der Waals surface area contributed by atoms with Crippen LogP contribution in [0.3, 0.4) is 0 Å². The summed E-state index contributed by atoms with van der Waals surface area (Å²) >= 11 is 5.56. The first-order valence-corrected chi connectivity index (χ1v) is 6.58. The maximum atomic E-state index is 13.2. The Bertz CT molecular complexity index is 528. The van der Waals surface area contributed by atoms with Crippen LogP contribution in [0, 0.1) is 24.1 Å². The lowest BCUT2D eigenvalue weighted by Crippen LogP contribution is -2.71. The van der Waals surface area contributed by atoms with Crippen LogP contribution in [0.25, 0.3) is 0 Å². The van der Waals surface area contributed by atoms with Crippen LogP contribution >= 0.6 is 11.6 Å². The van der Waals surface area contributed by atoms with E-state index in [1.807, 2.05) is 0 Å². The number of ether oxygens (including phenoxy) is 1. The summed E-state index contributed by atoms with van der Waals surface area (Å²) in [6.45, 7) is 3.97. The Morgan fingerprint density at radius 3 is 2.84 bits per heavy atom. The van der Waals surface area contributed by atoms with Crippen LogP contribution in [-0.4, -0.2) is 18.6 Å². The molecule has 3 fully saturated rings. The van der Waals surface area contributed by atoms with Gasteiger partial charge in [0.05, 0.1) is 5.02 Å². The molecule has 5 heteroatoms. The first kappa shape index (κ1) is 12.7. The average molecular weight is 283 g/mol. The molecule has 1 unspecified atom stereocenters. The zero-order valence-corrected chi connectivity index (χ0v) is 11.0. The molecule has 3 aliphatic rings. The minimum absolute atomic E-state index is 0.0327. The highest BCUT2D eigenvalue weighted by molar-refractivity contribution is 6.30. The predicted molar refractivity (Wildman–Crippen MR) is 69.3 cm³/mol. The van der Waals surface area contributed by atoms with Gasteiger partial charge >= 0.3 is 0 Å². The molecule has 101 valence electrons. The number of benzene rings is 1. The molecule has 1 N–H and O–H groups in total. The molecule has 4 rings (SSSR count). The lowest BCUT2D eigenvalue weighted by atomic mass is 9.42. The number of nitrogens with one attached hydrogen (secondary N) is 1. The summed E-state index contributed by atoms with van der Waals surface area (Å²) in [5.41, 5.74) is 0.0483. The van der Waals surface area contributed by atoms with Crippen LogP contribution in [0.4, 0.5) is 4.39 Å². The first-order chi connectivity index (χ1) is 8.98. The lowest BCUT2D eigenvalue weighted by Gasteiger charge is -2.66. The molecule has 3 saturated carbocycles. The quantitative estimate of drug-likeness (QED) is 0.922. The van der Waals surface area contributed by atoms with Gasteiger partial charge in [0.15, 0.2) is 6.61 Å². The second kappa shape index (κ2) is 4.37. The topological polar surface area (TPSA) is 38.3 Å². The zero-order chi connectivity index (χ0) is 13.6. The maximum absolute atomic E-state index is 13.2. The summed E-state index contributed by atoms with van der Waals surface area (Å²) in [5.74, 6) is 0.115. The molecular weight excluding hydrogens is 269 g/mol. The summed E-state index contributed by atoms with van der Waals surface area (Å²) in [4.78, 5) is 11.7. The van der Waals surface area contributed by atoms with Crippen LogP contribution in [0.2, 0.25) is 5.02 Å². The Balaban J connectivity index is 1.49. The number of carbonyl (C=O) groups excluding carboxylic acids is 1. The van der Waals surface area contributed by atoms with E-state index in [1.54, 1.807) is 0 Å². The molecule has 1 aromatic carbocycles. The van der Waals surface area contributed by atoms with Crippen molar-refractivity contribution in [3.63, 3.8) is 0 Å². The highest BCUT2D eigenvalue weighted by atomic mass is 35.5. The highest BCUT2D eigenvalue weighted by Gasteiger charge is 2.62. The molecule has 0 heterocycles. The molecule has 2 bridgehead atoms. The van der Waals surface area contributed by atoms with Crippen molar-refractivity contribution in [1.29, 1.82) is 0 Å². The molecular formula is C14H14ClFNO2. The minimum atomic E-state index is -0.559. The van der Waals surface area contributed by atoms with Gasteiger partial charge in [-0.15, -0.1) is 0 Å². The van der Waals surface area contributed by atoms with E-state index < -0.39 is 5.82 Å². The van der Waals surface area contributed by atoms with E-state index in [-0.39, 0.29) is 29.0 Å². The Morgan fingerprint density at radius 2 is 2.32 bits per heavy atom. The Kier molecular flexibility index (Phi) is 2.93. The van der Waals surface area contributed by atoms with Crippen LogP contribution in [0.15, 0.2) is 18.2 Å². The van der Waals surface area contributed by atoms with Crippen molar-refractivity contribution in [2.75, 3.05) is 6.61 Å². The van der Waals surface area contributed by atoms with Crippen molar-refractivity contribution in [3.05, 3.63) is 36.0 Å². The third-order valence-corrected chi connectivity index (χ3v) is 4.35. The SMILES string of the molecule is [CH2]C12CC(C1)C2NC(=O)COc1ccc(Cl)c(F)c1. The van der Waals surface area contributed by atoms with Gasteiger partial charge in [-0.05, 0) is 43.2 Å². The number of amides is 1. The molecule has 0 aromatic heterocycles. The van der Waals surface area contributed by atoms with E-state index in [1.165, 1.54) is 18.2 Å². The molecule has 0 aliphatic heterocycles. The zero-order valence-electron chi connectivity index (χ0n) is 10.3. The second-order valence-corrected chi connectivity index (χ2v) is 5.85. The van der Waals surface area contributed by atoms with E-state index in [0.717, 1.165) is 12.8 Å². The van der Waals surface area contributed by atoms with Gasteiger partial charge in [-0.3, -0.25) is 4.79 Å². The smallest absolute Gasteiger partial charge is 0.258 e. The van der Waals surface area contributed by atoms with Gasteiger partial charge in [-0.25, -0.2) is 4.39 Å². The van der Waals surface area contributed by atoms with Crippen molar-refractivity contribution >= 4 is 17.5 Å². The standard InChI is InChI=1S/C14H14ClFNO2/c1-14-5-8(6-14)13(14)17-12(18)7-19-9-2-3-10(15)11(16)4-9/h2-4,8,13H,1,5-7H2,(H,17,18). The number of hydrogen-bond acceptors (Lipinski definition) is 2. The fourth-order valence-electron chi connectivity index (χ4n) is 2.85. The van der Waals surface area contributed by atoms with E-state index >= 15 is 0 Å². The summed E-state index contributed by atoms with van der Waals surface area (Å²) in [6, 6.07) is 4.28. The first-order valence-electron chi connectivity index (χ1n) is 6.20. The van der Waals surface area contributed by atoms with Crippen LogP contribution < -0.4 is 10.1 Å². The van der Waals surface area contributed by atoms with Gasteiger partial charge in [0, 0.05) is 12.1 Å². The van der Waals surface area contributed by atoms with Gasteiger partial charge in [0.1, 0.15) is 11.6 Å². The molecule has 0 saturated heterocycles. The highest BCUT2D eigenvalue weighted by Crippen LogP contribution is 2.63. The molecule has 1 amide bonds. The molecule has 1 atom stereocenters. The van der Waals surface area contributed by atoms with Gasteiger partial charge in [-0.2, -0.15) is 0 Å². The van der Waals surface area contributed by atoms with E-state index in [2.05, 4.69) is 12.2 Å². The van der Waals surface area contributed by atoms with Crippen molar-refractivity contribution in [2.45, 2.75) is 18.9 Å². The lowest BCUT2D eigenvalue weighted by molar-refractivity contribution is -0.144. The van der Waals surface area contributed by atoms with E-state index in [4.69, 9.17) is 16.3 Å². The fraction of sp³-hybridized carbons (Fsp3) is 0.429. The Morgan fingerprint density at radius 1 is 1.58 bits per heavy atom. The van der Waals surface area contributed by atoms with E-state index in [9.17, 15) is 9.18 Å². The van der Waals surface area contributed by atoms with E-state index in [0.29, 0.717) is 11.7 Å². The number of carbonyl (C=O) groups is 1. The van der Waals surface area contributed by atoms with Crippen LogP contribution in [-0.2, 0) is 4.79 Å². The van der Waals surface area contributed by atoms with Crippen LogP contribution in [0.1, 0.15) is 12.8 Å². The minimum Gasteiger partial charge on any atom is -0.484 e. The fourth-order valence-corrected chi connectivity index (χ4v) is 2.97. The third kappa shape index (κ3) is 2.18. The van der Waals surface area contributed by atoms with Crippen molar-refractivity contribution < 1.29 is 13.9 Å². The molecule has 0 spiro atoms. The van der Waals surface area contributed by atoms with Gasteiger partial charge in [0.25, 0.3) is 5.91 Å². The van der Waals surface area contributed by atoms with Crippen molar-refractivity contribution in [1.82, 2.24) is 5.32 Å². The molecule has 19 heavy (non-hydrogen) atoms. The maximum Gasteiger partial charge on any atom is 0.258 e. The Hall–Kier alpha value is -1.29. The van der Waals surface area contributed by atoms with Gasteiger partial charge in [-0.1, -0.05) is 11.6 Å². The number of hydrogen-bond donors (Lipinski definition) is 1. The van der Waals surface area contributed by atoms with Gasteiger partial charge in [0.2, 0.25) is 0 Å². The largest absolute Gasteiger partial charge is 0.484 e. The predicted octanol–water partition coefficient (Wildman–Crippen LogP) is 2.59. The average Bonchev–Trinajstić information content (AvgIpc) is 2.35. The summed E-state index contributed by atoms with van der Waals surface area (Å²) < 4.78 is 18.4. The summed E-state index contributed by atoms with van der Waals surface area (Å²) in [7, 11) is 0. The van der Waals surface area contributed by atoms with Crippen molar-refractivity contribution in [3.8, 4) is 5.75 Å².